The first-order valence-electron chi connectivity index (χ1n) is 7.10. The van der Waals surface area contributed by atoms with Crippen LogP contribution in [0.25, 0.3) is 0 Å². The Hall–Kier alpha value is -1.22. The van der Waals surface area contributed by atoms with Crippen LogP contribution in [0.1, 0.15) is 46.6 Å². The molecule has 0 aromatic heterocycles. The summed E-state index contributed by atoms with van der Waals surface area (Å²) in [5.41, 5.74) is 1.23. The van der Waals surface area contributed by atoms with Gasteiger partial charge < -0.3 is 14.8 Å². The third-order valence-electron chi connectivity index (χ3n) is 2.62. The van der Waals surface area contributed by atoms with Crippen molar-refractivity contribution in [1.29, 1.82) is 0 Å². The average molecular weight is 265 g/mol. The van der Waals surface area contributed by atoms with E-state index < -0.39 is 0 Å². The van der Waals surface area contributed by atoms with Crippen LogP contribution in [0.2, 0.25) is 0 Å². The Labute approximate surface area is 117 Å². The zero-order valence-electron chi connectivity index (χ0n) is 12.9. The second-order valence-corrected chi connectivity index (χ2v) is 5.63. The summed E-state index contributed by atoms with van der Waals surface area (Å²) in [6, 6.07) is 6.07. The van der Waals surface area contributed by atoms with E-state index in [4.69, 9.17) is 9.47 Å². The zero-order chi connectivity index (χ0) is 14.3. The molecule has 0 aliphatic rings. The second kappa shape index (κ2) is 7.39. The highest BCUT2D eigenvalue weighted by atomic mass is 16.5. The number of rotatable bonds is 7. The van der Waals surface area contributed by atoms with Crippen LogP contribution in [0, 0.1) is 0 Å². The highest BCUT2D eigenvalue weighted by Gasteiger charge is 2.14. The van der Waals surface area contributed by atoms with Gasteiger partial charge in [0, 0.05) is 17.6 Å². The summed E-state index contributed by atoms with van der Waals surface area (Å²) in [4.78, 5) is 0. The molecule has 108 valence electrons. The largest absolute Gasteiger partial charge is 0.490 e. The fourth-order valence-electron chi connectivity index (χ4n) is 1.70. The quantitative estimate of drug-likeness (QED) is 0.814. The minimum absolute atomic E-state index is 0.0869. The number of nitrogens with one attached hydrogen (secondary N) is 1. The van der Waals surface area contributed by atoms with Crippen molar-refractivity contribution in [2.45, 2.75) is 53.1 Å². The molecule has 1 aromatic carbocycles. The number of hydrogen-bond acceptors (Lipinski definition) is 3. The first-order chi connectivity index (χ1) is 8.98. The lowest BCUT2D eigenvalue weighted by molar-refractivity contribution is 0.272. The van der Waals surface area contributed by atoms with Gasteiger partial charge in [-0.3, -0.25) is 0 Å². The van der Waals surface area contributed by atoms with Gasteiger partial charge in [-0.1, -0.05) is 19.1 Å². The van der Waals surface area contributed by atoms with Crippen LogP contribution >= 0.6 is 0 Å². The van der Waals surface area contributed by atoms with E-state index in [9.17, 15) is 0 Å². The van der Waals surface area contributed by atoms with Gasteiger partial charge in [0.1, 0.15) is 0 Å². The molecule has 3 heteroatoms. The van der Waals surface area contributed by atoms with Crippen LogP contribution in [0.5, 0.6) is 11.5 Å². The molecule has 0 aliphatic carbocycles. The molecule has 0 atom stereocenters. The van der Waals surface area contributed by atoms with E-state index in [-0.39, 0.29) is 5.54 Å². The van der Waals surface area contributed by atoms with Crippen molar-refractivity contribution in [2.24, 2.45) is 0 Å². The van der Waals surface area contributed by atoms with Crippen LogP contribution in [-0.2, 0) is 6.54 Å². The lowest BCUT2D eigenvalue weighted by atomic mass is 10.1. The molecule has 0 radical (unpaired) electrons. The molecule has 0 saturated heterocycles. The van der Waals surface area contributed by atoms with E-state index in [0.717, 1.165) is 30.0 Å². The normalized spacial score (nSPS) is 11.4. The molecule has 0 fully saturated rings. The summed E-state index contributed by atoms with van der Waals surface area (Å²) < 4.78 is 11.5. The van der Waals surface area contributed by atoms with Crippen LogP contribution in [-0.4, -0.2) is 18.8 Å². The second-order valence-electron chi connectivity index (χ2n) is 5.63. The molecule has 1 N–H and O–H groups in total. The SMILES string of the molecule is CCCOc1c(CNC(C)(C)C)cccc1OCC. The van der Waals surface area contributed by atoms with Gasteiger partial charge in [-0.2, -0.15) is 0 Å². The van der Waals surface area contributed by atoms with Gasteiger partial charge in [-0.05, 0) is 40.2 Å². The van der Waals surface area contributed by atoms with Crippen molar-refractivity contribution in [3.05, 3.63) is 23.8 Å². The molecule has 1 rings (SSSR count). The molecule has 0 heterocycles. The Morgan fingerprint density at radius 1 is 1.11 bits per heavy atom. The Morgan fingerprint density at radius 2 is 1.84 bits per heavy atom. The first-order valence-corrected chi connectivity index (χ1v) is 7.10. The fourth-order valence-corrected chi connectivity index (χ4v) is 1.70. The average Bonchev–Trinajstić information content (AvgIpc) is 2.34. The van der Waals surface area contributed by atoms with E-state index in [0.29, 0.717) is 13.2 Å². The number of ether oxygens (including phenoxy) is 2. The zero-order valence-corrected chi connectivity index (χ0v) is 12.9. The molecule has 0 unspecified atom stereocenters. The standard InChI is InChI=1S/C16H27NO2/c1-6-11-19-15-13(12-17-16(3,4)5)9-8-10-14(15)18-7-2/h8-10,17H,6-7,11-12H2,1-5H3. The molecular weight excluding hydrogens is 238 g/mol. The molecule has 0 amide bonds. The number of para-hydroxylation sites is 1. The fraction of sp³-hybridized carbons (Fsp3) is 0.625. The molecule has 0 bridgehead atoms. The van der Waals surface area contributed by atoms with Crippen LogP contribution in [0.3, 0.4) is 0 Å². The predicted molar refractivity (Wildman–Crippen MR) is 80.0 cm³/mol. The molecule has 19 heavy (non-hydrogen) atoms. The third kappa shape index (κ3) is 5.52. The lowest BCUT2D eigenvalue weighted by Gasteiger charge is -2.22. The van der Waals surface area contributed by atoms with Crippen molar-refractivity contribution < 1.29 is 9.47 Å². The predicted octanol–water partition coefficient (Wildman–Crippen LogP) is 3.76. The maximum Gasteiger partial charge on any atom is 0.165 e. The number of hydrogen-bond donors (Lipinski definition) is 1. The van der Waals surface area contributed by atoms with E-state index in [1.165, 1.54) is 0 Å². The van der Waals surface area contributed by atoms with E-state index >= 15 is 0 Å². The third-order valence-corrected chi connectivity index (χ3v) is 2.62. The van der Waals surface area contributed by atoms with Crippen LogP contribution < -0.4 is 14.8 Å². The summed E-state index contributed by atoms with van der Waals surface area (Å²) in [5, 5.41) is 3.49. The maximum atomic E-state index is 5.87. The minimum Gasteiger partial charge on any atom is -0.490 e. The minimum atomic E-state index is 0.0869. The maximum absolute atomic E-state index is 5.87. The van der Waals surface area contributed by atoms with Gasteiger partial charge in [0.05, 0.1) is 13.2 Å². The topological polar surface area (TPSA) is 30.5 Å². The van der Waals surface area contributed by atoms with Gasteiger partial charge >= 0.3 is 0 Å². The smallest absolute Gasteiger partial charge is 0.165 e. The first kappa shape index (κ1) is 15.8. The Bertz CT molecular complexity index is 383. The monoisotopic (exact) mass is 265 g/mol. The Balaban J connectivity index is 2.90. The Morgan fingerprint density at radius 3 is 2.42 bits per heavy atom. The molecule has 3 nitrogen and oxygen atoms in total. The van der Waals surface area contributed by atoms with Crippen LogP contribution in [0.15, 0.2) is 18.2 Å². The van der Waals surface area contributed by atoms with Crippen molar-refractivity contribution in [3.63, 3.8) is 0 Å². The molecular formula is C16H27NO2. The van der Waals surface area contributed by atoms with E-state index in [1.807, 2.05) is 19.1 Å². The van der Waals surface area contributed by atoms with Gasteiger partial charge in [0.2, 0.25) is 0 Å². The molecule has 1 aromatic rings. The summed E-state index contributed by atoms with van der Waals surface area (Å²) in [7, 11) is 0. The van der Waals surface area contributed by atoms with Crippen molar-refractivity contribution in [2.75, 3.05) is 13.2 Å². The summed E-state index contributed by atoms with van der Waals surface area (Å²) >= 11 is 0. The van der Waals surface area contributed by atoms with Gasteiger partial charge in [0.25, 0.3) is 0 Å². The van der Waals surface area contributed by atoms with Crippen molar-refractivity contribution in [1.82, 2.24) is 5.32 Å². The van der Waals surface area contributed by atoms with E-state index in [2.05, 4.69) is 39.1 Å². The molecule has 0 saturated carbocycles. The summed E-state index contributed by atoms with van der Waals surface area (Å²) in [5.74, 6) is 1.71. The van der Waals surface area contributed by atoms with E-state index in [1.54, 1.807) is 0 Å². The van der Waals surface area contributed by atoms with Crippen molar-refractivity contribution >= 4 is 0 Å². The highest BCUT2D eigenvalue weighted by molar-refractivity contribution is 5.46. The molecule has 0 aliphatic heterocycles. The highest BCUT2D eigenvalue weighted by Crippen LogP contribution is 2.31. The Kier molecular flexibility index (Phi) is 6.16. The summed E-state index contributed by atoms with van der Waals surface area (Å²) in [6.45, 7) is 12.7. The lowest BCUT2D eigenvalue weighted by Crippen LogP contribution is -2.35. The van der Waals surface area contributed by atoms with Gasteiger partial charge in [0.15, 0.2) is 11.5 Å². The van der Waals surface area contributed by atoms with Gasteiger partial charge in [-0.15, -0.1) is 0 Å². The van der Waals surface area contributed by atoms with Crippen LogP contribution in [0.4, 0.5) is 0 Å². The van der Waals surface area contributed by atoms with Gasteiger partial charge in [-0.25, -0.2) is 0 Å². The number of benzene rings is 1. The molecule has 0 spiro atoms. The van der Waals surface area contributed by atoms with Crippen molar-refractivity contribution in [3.8, 4) is 11.5 Å². The summed E-state index contributed by atoms with van der Waals surface area (Å²) in [6.07, 6.45) is 0.993.